The van der Waals surface area contributed by atoms with Gasteiger partial charge in [0, 0.05) is 16.8 Å². The Hall–Kier alpha value is -1.65. The third-order valence-electron chi connectivity index (χ3n) is 2.59. The standard InChI is InChI=1S/C15H15ClN2OS/c1-19-14-4-2-3-13(9-14)18-15(17)20-10-11-5-7-12(16)8-6-11/h2-9H,10H2,1H3,(H2,17,18). The van der Waals surface area contributed by atoms with E-state index in [1.54, 1.807) is 7.11 Å². The van der Waals surface area contributed by atoms with Gasteiger partial charge in [-0.05, 0) is 29.8 Å². The first kappa shape index (κ1) is 14.8. The lowest BCUT2D eigenvalue weighted by Crippen LogP contribution is -2.06. The fourth-order valence-electron chi connectivity index (χ4n) is 1.58. The molecule has 0 aliphatic rings. The van der Waals surface area contributed by atoms with Crippen LogP contribution in [0.3, 0.4) is 0 Å². The molecule has 0 unspecified atom stereocenters. The van der Waals surface area contributed by atoms with E-state index in [1.165, 1.54) is 11.8 Å². The lowest BCUT2D eigenvalue weighted by atomic mass is 10.2. The van der Waals surface area contributed by atoms with E-state index in [9.17, 15) is 0 Å². The molecule has 0 atom stereocenters. The number of hydrogen-bond acceptors (Lipinski definition) is 3. The molecule has 5 heteroatoms. The Morgan fingerprint density at radius 3 is 2.70 bits per heavy atom. The highest BCUT2D eigenvalue weighted by atomic mass is 35.5. The number of halogens is 1. The van der Waals surface area contributed by atoms with Crippen LogP contribution in [0.25, 0.3) is 0 Å². The van der Waals surface area contributed by atoms with Crippen molar-refractivity contribution < 1.29 is 4.74 Å². The van der Waals surface area contributed by atoms with E-state index < -0.39 is 0 Å². The van der Waals surface area contributed by atoms with Gasteiger partial charge in [-0.15, -0.1) is 0 Å². The molecule has 3 nitrogen and oxygen atoms in total. The first-order valence-corrected chi connectivity index (χ1v) is 7.39. The Balaban J connectivity index is 1.98. The zero-order valence-electron chi connectivity index (χ0n) is 11.0. The summed E-state index contributed by atoms with van der Waals surface area (Å²) in [5.74, 6) is 1.53. The first-order valence-electron chi connectivity index (χ1n) is 6.03. The molecule has 20 heavy (non-hydrogen) atoms. The van der Waals surface area contributed by atoms with Gasteiger partial charge in [0.25, 0.3) is 0 Å². The van der Waals surface area contributed by atoms with Crippen LogP contribution < -0.4 is 10.5 Å². The SMILES string of the molecule is COc1cccc(N=C(N)SCc2ccc(Cl)cc2)c1. The van der Waals surface area contributed by atoms with E-state index in [0.717, 1.165) is 27.8 Å². The van der Waals surface area contributed by atoms with Gasteiger partial charge < -0.3 is 10.5 Å². The second-order valence-corrected chi connectivity index (χ2v) is 5.50. The molecule has 104 valence electrons. The summed E-state index contributed by atoms with van der Waals surface area (Å²) in [6.45, 7) is 0. The van der Waals surface area contributed by atoms with Gasteiger partial charge in [0.15, 0.2) is 5.17 Å². The lowest BCUT2D eigenvalue weighted by Gasteiger charge is -2.03. The minimum absolute atomic E-state index is 0.521. The van der Waals surface area contributed by atoms with Gasteiger partial charge in [-0.1, -0.05) is 41.6 Å². The van der Waals surface area contributed by atoms with Gasteiger partial charge >= 0.3 is 0 Å². The van der Waals surface area contributed by atoms with E-state index in [1.807, 2.05) is 48.5 Å². The number of nitrogens with two attached hydrogens (primary N) is 1. The van der Waals surface area contributed by atoms with Crippen LogP contribution in [0, 0.1) is 0 Å². The minimum Gasteiger partial charge on any atom is -0.497 e. The summed E-state index contributed by atoms with van der Waals surface area (Å²) < 4.78 is 5.15. The predicted molar refractivity (Wildman–Crippen MR) is 87.0 cm³/mol. The van der Waals surface area contributed by atoms with Crippen LogP contribution in [0.5, 0.6) is 5.75 Å². The molecule has 0 aliphatic heterocycles. The molecule has 2 aromatic rings. The maximum Gasteiger partial charge on any atom is 0.159 e. The Morgan fingerprint density at radius 1 is 1.25 bits per heavy atom. The molecule has 0 fully saturated rings. The van der Waals surface area contributed by atoms with Crippen molar-refractivity contribution in [3.63, 3.8) is 0 Å². The summed E-state index contributed by atoms with van der Waals surface area (Å²) in [5, 5.41) is 1.25. The van der Waals surface area contributed by atoms with Gasteiger partial charge in [-0.2, -0.15) is 0 Å². The van der Waals surface area contributed by atoms with Gasteiger partial charge in [0.1, 0.15) is 5.75 Å². The number of ether oxygens (including phenoxy) is 1. The molecule has 2 N–H and O–H groups in total. The van der Waals surface area contributed by atoms with Crippen molar-refractivity contribution in [1.82, 2.24) is 0 Å². The Kier molecular flexibility index (Phi) is 5.32. The quantitative estimate of drug-likeness (QED) is 0.679. The van der Waals surface area contributed by atoms with Crippen LogP contribution in [0.4, 0.5) is 5.69 Å². The molecule has 0 spiro atoms. The maximum atomic E-state index is 5.92. The molecule has 2 aromatic carbocycles. The van der Waals surface area contributed by atoms with Crippen LogP contribution in [-0.4, -0.2) is 12.3 Å². The number of aliphatic imine (C=N–C) groups is 1. The highest BCUT2D eigenvalue weighted by Gasteiger charge is 1.99. The van der Waals surface area contributed by atoms with Gasteiger partial charge in [-0.25, -0.2) is 4.99 Å². The number of benzene rings is 2. The molecule has 0 aliphatic carbocycles. The second-order valence-electron chi connectivity index (χ2n) is 4.07. The third-order valence-corrected chi connectivity index (χ3v) is 3.71. The van der Waals surface area contributed by atoms with Crippen molar-refractivity contribution in [3.05, 3.63) is 59.1 Å². The van der Waals surface area contributed by atoms with Crippen LogP contribution in [0.1, 0.15) is 5.56 Å². The molecule has 0 saturated carbocycles. The molecule has 0 bridgehead atoms. The highest BCUT2D eigenvalue weighted by molar-refractivity contribution is 8.13. The lowest BCUT2D eigenvalue weighted by molar-refractivity contribution is 0.415. The summed E-state index contributed by atoms with van der Waals surface area (Å²) in [5.41, 5.74) is 7.86. The normalized spacial score (nSPS) is 11.4. The Labute approximate surface area is 127 Å². The van der Waals surface area contributed by atoms with E-state index in [2.05, 4.69) is 4.99 Å². The molecule has 0 amide bonds. The number of nitrogens with zero attached hydrogens (tertiary/aromatic N) is 1. The number of amidine groups is 1. The van der Waals surface area contributed by atoms with Crippen LogP contribution >= 0.6 is 23.4 Å². The van der Waals surface area contributed by atoms with Crippen molar-refractivity contribution in [3.8, 4) is 5.75 Å². The molecule has 0 heterocycles. The Morgan fingerprint density at radius 2 is 2.00 bits per heavy atom. The fourth-order valence-corrected chi connectivity index (χ4v) is 2.38. The molecule has 2 rings (SSSR count). The van der Waals surface area contributed by atoms with Crippen molar-refractivity contribution >= 4 is 34.2 Å². The minimum atomic E-state index is 0.521. The second kappa shape index (κ2) is 7.22. The predicted octanol–water partition coefficient (Wildman–Crippen LogP) is 4.23. The summed E-state index contributed by atoms with van der Waals surface area (Å²) >= 11 is 7.33. The summed E-state index contributed by atoms with van der Waals surface area (Å²) in [6, 6.07) is 15.2. The average molecular weight is 307 g/mol. The van der Waals surface area contributed by atoms with Crippen LogP contribution in [-0.2, 0) is 5.75 Å². The van der Waals surface area contributed by atoms with Crippen molar-refractivity contribution in [1.29, 1.82) is 0 Å². The Bertz CT molecular complexity index is 599. The third kappa shape index (κ3) is 4.47. The highest BCUT2D eigenvalue weighted by Crippen LogP contribution is 2.21. The molecular weight excluding hydrogens is 292 g/mol. The van der Waals surface area contributed by atoms with Crippen LogP contribution in [0.2, 0.25) is 5.02 Å². The van der Waals surface area contributed by atoms with Crippen LogP contribution in [0.15, 0.2) is 53.5 Å². The van der Waals surface area contributed by atoms with Crippen molar-refractivity contribution in [2.75, 3.05) is 7.11 Å². The van der Waals surface area contributed by atoms with E-state index >= 15 is 0 Å². The summed E-state index contributed by atoms with van der Waals surface area (Å²) in [4.78, 5) is 4.35. The number of rotatable bonds is 4. The zero-order chi connectivity index (χ0) is 14.4. The molecule has 0 radical (unpaired) electrons. The van der Waals surface area contributed by atoms with E-state index in [-0.39, 0.29) is 0 Å². The zero-order valence-corrected chi connectivity index (χ0v) is 12.6. The van der Waals surface area contributed by atoms with E-state index in [4.69, 9.17) is 22.1 Å². The summed E-state index contributed by atoms with van der Waals surface area (Å²) in [6.07, 6.45) is 0. The van der Waals surface area contributed by atoms with Crippen molar-refractivity contribution in [2.45, 2.75) is 5.75 Å². The molecule has 0 aromatic heterocycles. The molecule has 0 saturated heterocycles. The summed E-state index contributed by atoms with van der Waals surface area (Å²) in [7, 11) is 1.63. The number of methoxy groups -OCH3 is 1. The number of thioether (sulfide) groups is 1. The molecular formula is C15H15ClN2OS. The van der Waals surface area contributed by atoms with Gasteiger partial charge in [-0.3, -0.25) is 0 Å². The van der Waals surface area contributed by atoms with E-state index in [0.29, 0.717) is 5.17 Å². The monoisotopic (exact) mass is 306 g/mol. The fraction of sp³-hybridized carbons (Fsp3) is 0.133. The largest absolute Gasteiger partial charge is 0.497 e. The van der Waals surface area contributed by atoms with Gasteiger partial charge in [0.05, 0.1) is 12.8 Å². The first-order chi connectivity index (χ1) is 9.67. The van der Waals surface area contributed by atoms with Crippen molar-refractivity contribution in [2.24, 2.45) is 10.7 Å². The topological polar surface area (TPSA) is 47.6 Å². The smallest absolute Gasteiger partial charge is 0.159 e. The van der Waals surface area contributed by atoms with Gasteiger partial charge in [0.2, 0.25) is 0 Å². The maximum absolute atomic E-state index is 5.92. The average Bonchev–Trinajstić information content (AvgIpc) is 2.47. The number of hydrogen-bond donors (Lipinski definition) is 1.